The van der Waals surface area contributed by atoms with Gasteiger partial charge in [-0.2, -0.15) is 0 Å². The maximum atomic E-state index is 11.2. The summed E-state index contributed by atoms with van der Waals surface area (Å²) in [5.74, 6) is -0.789. The van der Waals surface area contributed by atoms with Crippen molar-refractivity contribution >= 4 is 33.5 Å². The number of rotatable bonds is 4. The molecular weight excluding hydrogens is 278 g/mol. The first-order valence-corrected chi connectivity index (χ1v) is 6.58. The molecule has 8 heteroatoms. The number of carboxylic acid groups (broad SMARTS) is 1. The van der Waals surface area contributed by atoms with Gasteiger partial charge in [0, 0.05) is 24.5 Å². The first-order chi connectivity index (χ1) is 9.74. The van der Waals surface area contributed by atoms with Crippen LogP contribution < -0.4 is 5.32 Å². The van der Waals surface area contributed by atoms with Crippen LogP contribution in [0.2, 0.25) is 0 Å². The lowest BCUT2D eigenvalue weighted by Crippen LogP contribution is -2.08. The third-order valence-corrected chi connectivity index (χ3v) is 3.48. The van der Waals surface area contributed by atoms with Gasteiger partial charge < -0.3 is 10.4 Å². The zero-order chi connectivity index (χ0) is 13.9. The van der Waals surface area contributed by atoms with Crippen molar-refractivity contribution in [2.45, 2.75) is 6.54 Å². The highest BCUT2D eigenvalue weighted by Gasteiger charge is 2.14. The molecule has 0 saturated heterocycles. The second-order valence-electron chi connectivity index (χ2n) is 3.94. The van der Waals surface area contributed by atoms with Gasteiger partial charge in [0.25, 0.3) is 0 Å². The summed E-state index contributed by atoms with van der Waals surface area (Å²) in [5, 5.41) is 13.9. The number of anilines is 1. The van der Waals surface area contributed by atoms with Crippen molar-refractivity contribution in [3.05, 3.63) is 41.4 Å². The number of thiophene rings is 1. The van der Waals surface area contributed by atoms with Gasteiger partial charge in [-0.15, -0.1) is 11.3 Å². The summed E-state index contributed by atoms with van der Waals surface area (Å²) in [6.07, 6.45) is 4.78. The maximum absolute atomic E-state index is 11.2. The van der Waals surface area contributed by atoms with Crippen molar-refractivity contribution in [2.24, 2.45) is 0 Å². The lowest BCUT2D eigenvalue weighted by molar-refractivity contribution is 0.0693. The molecule has 100 valence electrons. The Balaban J connectivity index is 1.90. The van der Waals surface area contributed by atoms with Crippen LogP contribution in [0.25, 0.3) is 10.2 Å². The van der Waals surface area contributed by atoms with Crippen LogP contribution in [0.5, 0.6) is 0 Å². The van der Waals surface area contributed by atoms with Gasteiger partial charge in [0.1, 0.15) is 6.33 Å². The number of aromatic carboxylic acids is 1. The van der Waals surface area contributed by atoms with Crippen LogP contribution in [0.3, 0.4) is 0 Å². The number of hydrogen-bond donors (Lipinski definition) is 2. The maximum Gasteiger partial charge on any atom is 0.356 e. The van der Waals surface area contributed by atoms with Crippen molar-refractivity contribution in [1.82, 2.24) is 19.9 Å². The number of hydrogen-bond acceptors (Lipinski definition) is 7. The van der Waals surface area contributed by atoms with Crippen LogP contribution in [0, 0.1) is 0 Å². The molecule has 0 aromatic carbocycles. The third-order valence-electron chi connectivity index (χ3n) is 2.57. The molecule has 2 N–H and O–H groups in total. The molecule has 3 aromatic rings. The molecule has 0 bridgehead atoms. The summed E-state index contributed by atoms with van der Waals surface area (Å²) in [6.45, 7) is 0.426. The number of carboxylic acids is 1. The third kappa shape index (κ3) is 2.41. The number of nitrogens with one attached hydrogen (secondary N) is 1. The van der Waals surface area contributed by atoms with Gasteiger partial charge in [-0.05, 0) is 11.4 Å². The number of carbonyl (C=O) groups is 1. The minimum absolute atomic E-state index is 0.0109. The minimum Gasteiger partial charge on any atom is -0.476 e. The average Bonchev–Trinajstić information content (AvgIpc) is 2.93. The molecular formula is C12H9N5O2S. The Morgan fingerprint density at radius 3 is 2.85 bits per heavy atom. The predicted molar refractivity (Wildman–Crippen MR) is 73.7 cm³/mol. The molecule has 0 aliphatic carbocycles. The average molecular weight is 287 g/mol. The molecule has 0 radical (unpaired) electrons. The topological polar surface area (TPSA) is 101 Å². The van der Waals surface area contributed by atoms with E-state index in [1.807, 2.05) is 0 Å². The van der Waals surface area contributed by atoms with Crippen LogP contribution in [0.1, 0.15) is 16.1 Å². The van der Waals surface area contributed by atoms with Crippen molar-refractivity contribution in [1.29, 1.82) is 0 Å². The second-order valence-corrected chi connectivity index (χ2v) is 4.85. The number of nitrogens with zero attached hydrogens (tertiary/aromatic N) is 4. The van der Waals surface area contributed by atoms with E-state index in [0.717, 1.165) is 5.56 Å². The quantitative estimate of drug-likeness (QED) is 0.754. The van der Waals surface area contributed by atoms with Crippen LogP contribution in [-0.2, 0) is 6.54 Å². The molecule has 7 nitrogen and oxygen atoms in total. The van der Waals surface area contributed by atoms with E-state index in [1.165, 1.54) is 17.7 Å². The zero-order valence-electron chi connectivity index (χ0n) is 10.1. The summed E-state index contributed by atoms with van der Waals surface area (Å²) >= 11 is 1.31. The Hall–Kier alpha value is -2.61. The SMILES string of the molecule is O=C(O)c1nc(NCc2cncnc2)nc2ccsc12. The van der Waals surface area contributed by atoms with E-state index in [4.69, 9.17) is 0 Å². The highest BCUT2D eigenvalue weighted by atomic mass is 32.1. The predicted octanol–water partition coefficient (Wildman–Crippen LogP) is 1.79. The smallest absolute Gasteiger partial charge is 0.356 e. The number of aromatic nitrogens is 4. The zero-order valence-corrected chi connectivity index (χ0v) is 11.0. The summed E-state index contributed by atoms with van der Waals surface area (Å²) in [6, 6.07) is 1.77. The van der Waals surface area contributed by atoms with Gasteiger partial charge in [-0.25, -0.2) is 24.7 Å². The van der Waals surface area contributed by atoms with Crippen LogP contribution >= 0.6 is 11.3 Å². The van der Waals surface area contributed by atoms with E-state index in [9.17, 15) is 9.90 Å². The molecule has 20 heavy (non-hydrogen) atoms. The molecule has 0 spiro atoms. The fourth-order valence-corrected chi connectivity index (χ4v) is 2.50. The van der Waals surface area contributed by atoms with E-state index < -0.39 is 5.97 Å². The van der Waals surface area contributed by atoms with Crippen molar-refractivity contribution in [3.8, 4) is 0 Å². The molecule has 0 amide bonds. The molecule has 3 rings (SSSR count). The largest absolute Gasteiger partial charge is 0.476 e. The Kier molecular flexibility index (Phi) is 3.21. The standard InChI is InChI=1S/C12H9N5O2S/c18-11(19)9-10-8(1-2-20-10)16-12(17-9)15-5-7-3-13-6-14-4-7/h1-4,6H,5H2,(H,18,19)(H,15,16,17). The molecule has 0 aliphatic heterocycles. The fourth-order valence-electron chi connectivity index (χ4n) is 1.69. The highest BCUT2D eigenvalue weighted by Crippen LogP contribution is 2.23. The van der Waals surface area contributed by atoms with Gasteiger partial charge in [0.2, 0.25) is 5.95 Å². The van der Waals surface area contributed by atoms with Crippen molar-refractivity contribution in [2.75, 3.05) is 5.32 Å². The van der Waals surface area contributed by atoms with Gasteiger partial charge in [-0.1, -0.05) is 0 Å². The van der Waals surface area contributed by atoms with Gasteiger partial charge in [0.15, 0.2) is 5.69 Å². The summed E-state index contributed by atoms with van der Waals surface area (Å²) in [5.41, 5.74) is 1.49. The molecule has 3 heterocycles. The van der Waals surface area contributed by atoms with Crippen molar-refractivity contribution < 1.29 is 9.90 Å². The summed E-state index contributed by atoms with van der Waals surface area (Å²) < 4.78 is 0.575. The molecule has 0 fully saturated rings. The van der Waals surface area contributed by atoms with Crippen molar-refractivity contribution in [3.63, 3.8) is 0 Å². The van der Waals surface area contributed by atoms with Gasteiger partial charge in [0.05, 0.1) is 10.2 Å². The van der Waals surface area contributed by atoms with E-state index in [2.05, 4.69) is 25.3 Å². The number of fused-ring (bicyclic) bond motifs is 1. The first-order valence-electron chi connectivity index (χ1n) is 5.70. The Labute approximate surface area is 117 Å². The van der Waals surface area contributed by atoms with E-state index in [0.29, 0.717) is 16.8 Å². The monoisotopic (exact) mass is 287 g/mol. The molecule has 0 atom stereocenters. The first kappa shape index (κ1) is 12.4. The van der Waals surface area contributed by atoms with Gasteiger partial charge in [-0.3, -0.25) is 0 Å². The minimum atomic E-state index is -1.06. The lowest BCUT2D eigenvalue weighted by atomic mass is 10.3. The van der Waals surface area contributed by atoms with Gasteiger partial charge >= 0.3 is 5.97 Å². The Morgan fingerprint density at radius 2 is 2.10 bits per heavy atom. The second kappa shape index (κ2) is 5.17. The van der Waals surface area contributed by atoms with E-state index in [-0.39, 0.29) is 11.6 Å². The van der Waals surface area contributed by atoms with E-state index >= 15 is 0 Å². The van der Waals surface area contributed by atoms with Crippen LogP contribution in [0.15, 0.2) is 30.2 Å². The normalized spacial score (nSPS) is 10.6. The molecule has 0 saturated carbocycles. The van der Waals surface area contributed by atoms with Crippen LogP contribution in [0.4, 0.5) is 5.95 Å². The summed E-state index contributed by atoms with van der Waals surface area (Å²) in [4.78, 5) is 27.3. The van der Waals surface area contributed by atoms with E-state index in [1.54, 1.807) is 23.8 Å². The lowest BCUT2D eigenvalue weighted by Gasteiger charge is -2.05. The molecule has 3 aromatic heterocycles. The fraction of sp³-hybridized carbons (Fsp3) is 0.0833. The molecule has 0 unspecified atom stereocenters. The highest BCUT2D eigenvalue weighted by molar-refractivity contribution is 7.17. The Bertz CT molecular complexity index is 759. The van der Waals surface area contributed by atoms with Crippen LogP contribution in [-0.4, -0.2) is 31.0 Å². The Morgan fingerprint density at radius 1 is 1.30 bits per heavy atom. The molecule has 0 aliphatic rings. The summed E-state index contributed by atoms with van der Waals surface area (Å²) in [7, 11) is 0.